The van der Waals surface area contributed by atoms with Crippen LogP contribution < -0.4 is 5.73 Å². The molecule has 4 nitrogen and oxygen atoms in total. The third kappa shape index (κ3) is 4.83. The van der Waals surface area contributed by atoms with Crippen LogP contribution in [0.2, 0.25) is 0 Å². The number of phenolic OH excluding ortho intramolecular Hbond substituents is 1. The van der Waals surface area contributed by atoms with Crippen molar-refractivity contribution in [1.29, 1.82) is 0 Å². The highest BCUT2D eigenvalue weighted by molar-refractivity contribution is 5.82. The van der Waals surface area contributed by atoms with E-state index in [4.69, 9.17) is 5.73 Å². The maximum absolute atomic E-state index is 12.9. The molecule has 2 aromatic rings. The summed E-state index contributed by atoms with van der Waals surface area (Å²) in [4.78, 5) is 14.7. The van der Waals surface area contributed by atoms with E-state index in [1.807, 2.05) is 42.2 Å². The molecule has 3 N–H and O–H groups in total. The summed E-state index contributed by atoms with van der Waals surface area (Å²) in [5, 5.41) is 9.35. The lowest BCUT2D eigenvalue weighted by molar-refractivity contribution is -0.135. The first-order chi connectivity index (χ1) is 11.5. The Balaban J connectivity index is 2.09. The summed E-state index contributed by atoms with van der Waals surface area (Å²) >= 11 is 0. The highest BCUT2D eigenvalue weighted by Gasteiger charge is 2.24. The summed E-state index contributed by atoms with van der Waals surface area (Å²) in [7, 11) is 0. The molecule has 0 spiro atoms. The van der Waals surface area contributed by atoms with Gasteiger partial charge < -0.3 is 15.7 Å². The number of phenols is 1. The molecule has 0 saturated heterocycles. The quantitative estimate of drug-likeness (QED) is 0.821. The number of benzene rings is 2. The average Bonchev–Trinajstić information content (AvgIpc) is 2.61. The van der Waals surface area contributed by atoms with Crippen LogP contribution in [0.25, 0.3) is 0 Å². The standard InChI is InChI=1S/C20H26N2O2/c1-3-15(2)22(14-17-7-5-4-6-8-17)20(24)19(21)13-16-9-11-18(23)12-10-16/h4-12,15,19,23H,3,13-14,21H2,1-2H3/t15?,19-/m0/s1. The number of rotatable bonds is 7. The van der Waals surface area contributed by atoms with Crippen LogP contribution in [0.5, 0.6) is 5.75 Å². The fourth-order valence-electron chi connectivity index (χ4n) is 2.64. The van der Waals surface area contributed by atoms with E-state index in [0.717, 1.165) is 17.5 Å². The molecule has 0 aliphatic rings. The predicted molar refractivity (Wildman–Crippen MR) is 96.5 cm³/mol. The van der Waals surface area contributed by atoms with Crippen molar-refractivity contribution in [1.82, 2.24) is 4.90 Å². The first-order valence-electron chi connectivity index (χ1n) is 8.39. The summed E-state index contributed by atoms with van der Waals surface area (Å²) in [5.41, 5.74) is 8.22. The lowest BCUT2D eigenvalue weighted by atomic mass is 10.0. The highest BCUT2D eigenvalue weighted by atomic mass is 16.3. The second-order valence-electron chi connectivity index (χ2n) is 6.19. The van der Waals surface area contributed by atoms with Crippen molar-refractivity contribution in [3.63, 3.8) is 0 Å². The van der Waals surface area contributed by atoms with Gasteiger partial charge in [0.15, 0.2) is 0 Å². The summed E-state index contributed by atoms with van der Waals surface area (Å²) in [6.07, 6.45) is 1.34. The SMILES string of the molecule is CCC(C)N(Cc1ccccc1)C(=O)[C@@H](N)Cc1ccc(O)cc1. The Labute approximate surface area is 143 Å². The van der Waals surface area contributed by atoms with E-state index in [-0.39, 0.29) is 17.7 Å². The molecule has 2 aromatic carbocycles. The number of amides is 1. The number of hydrogen-bond donors (Lipinski definition) is 2. The van der Waals surface area contributed by atoms with E-state index in [1.54, 1.807) is 24.3 Å². The molecule has 4 heteroatoms. The molecule has 0 aliphatic carbocycles. The normalized spacial score (nSPS) is 13.3. The fourth-order valence-corrected chi connectivity index (χ4v) is 2.64. The Morgan fingerprint density at radius 1 is 1.08 bits per heavy atom. The summed E-state index contributed by atoms with van der Waals surface area (Å²) < 4.78 is 0. The summed E-state index contributed by atoms with van der Waals surface area (Å²) in [6, 6.07) is 16.3. The van der Waals surface area contributed by atoms with Crippen LogP contribution in [-0.4, -0.2) is 28.0 Å². The Bertz CT molecular complexity index is 640. The molecule has 0 bridgehead atoms. The van der Waals surface area contributed by atoms with E-state index in [2.05, 4.69) is 6.92 Å². The van der Waals surface area contributed by atoms with Crippen LogP contribution in [0.15, 0.2) is 54.6 Å². The van der Waals surface area contributed by atoms with Crippen molar-refractivity contribution >= 4 is 5.91 Å². The third-order valence-corrected chi connectivity index (χ3v) is 4.31. The van der Waals surface area contributed by atoms with Gasteiger partial charge in [-0.2, -0.15) is 0 Å². The fraction of sp³-hybridized carbons (Fsp3) is 0.350. The highest BCUT2D eigenvalue weighted by Crippen LogP contribution is 2.15. The first-order valence-corrected chi connectivity index (χ1v) is 8.39. The van der Waals surface area contributed by atoms with Crippen LogP contribution in [0.1, 0.15) is 31.4 Å². The van der Waals surface area contributed by atoms with Crippen LogP contribution in [0, 0.1) is 0 Å². The van der Waals surface area contributed by atoms with Crippen LogP contribution in [0.4, 0.5) is 0 Å². The van der Waals surface area contributed by atoms with Crippen molar-refractivity contribution in [3.05, 3.63) is 65.7 Å². The lowest BCUT2D eigenvalue weighted by Gasteiger charge is -2.31. The average molecular weight is 326 g/mol. The van der Waals surface area contributed by atoms with Gasteiger partial charge in [0.2, 0.25) is 5.91 Å². The molecule has 0 saturated carbocycles. The van der Waals surface area contributed by atoms with Gasteiger partial charge in [-0.15, -0.1) is 0 Å². The predicted octanol–water partition coefficient (Wildman–Crippen LogP) is 3.09. The molecular formula is C20H26N2O2. The Morgan fingerprint density at radius 2 is 1.71 bits per heavy atom. The number of aromatic hydroxyl groups is 1. The smallest absolute Gasteiger partial charge is 0.240 e. The molecule has 128 valence electrons. The maximum Gasteiger partial charge on any atom is 0.240 e. The number of carbonyl (C=O) groups excluding carboxylic acids is 1. The van der Waals surface area contributed by atoms with Crippen molar-refractivity contribution in [2.24, 2.45) is 5.73 Å². The van der Waals surface area contributed by atoms with E-state index in [9.17, 15) is 9.90 Å². The van der Waals surface area contributed by atoms with Crippen LogP contribution in [0.3, 0.4) is 0 Å². The molecule has 0 fully saturated rings. The number of hydrogen-bond acceptors (Lipinski definition) is 3. The molecule has 0 heterocycles. The van der Waals surface area contributed by atoms with Gasteiger partial charge in [0.25, 0.3) is 0 Å². The van der Waals surface area contributed by atoms with Gasteiger partial charge in [-0.25, -0.2) is 0 Å². The third-order valence-electron chi connectivity index (χ3n) is 4.31. The maximum atomic E-state index is 12.9. The molecule has 0 aromatic heterocycles. The zero-order valence-corrected chi connectivity index (χ0v) is 14.4. The monoisotopic (exact) mass is 326 g/mol. The van der Waals surface area contributed by atoms with Crippen molar-refractivity contribution in [3.8, 4) is 5.75 Å². The van der Waals surface area contributed by atoms with Crippen molar-refractivity contribution < 1.29 is 9.90 Å². The second kappa shape index (κ2) is 8.50. The number of nitrogens with two attached hydrogens (primary N) is 1. The van der Waals surface area contributed by atoms with Crippen molar-refractivity contribution in [2.75, 3.05) is 0 Å². The topological polar surface area (TPSA) is 66.6 Å². The summed E-state index contributed by atoms with van der Waals surface area (Å²) in [6.45, 7) is 4.69. The Morgan fingerprint density at radius 3 is 2.29 bits per heavy atom. The Kier molecular flexibility index (Phi) is 6.38. The van der Waals surface area contributed by atoms with Gasteiger partial charge >= 0.3 is 0 Å². The van der Waals surface area contributed by atoms with Gasteiger partial charge in [-0.1, -0.05) is 49.4 Å². The number of nitrogens with zero attached hydrogens (tertiary/aromatic N) is 1. The minimum Gasteiger partial charge on any atom is -0.508 e. The van der Waals surface area contributed by atoms with E-state index in [1.165, 1.54) is 0 Å². The zero-order valence-electron chi connectivity index (χ0n) is 14.4. The molecule has 24 heavy (non-hydrogen) atoms. The van der Waals surface area contributed by atoms with E-state index < -0.39 is 6.04 Å². The van der Waals surface area contributed by atoms with Gasteiger partial charge in [-0.3, -0.25) is 4.79 Å². The van der Waals surface area contributed by atoms with Crippen LogP contribution in [-0.2, 0) is 17.8 Å². The number of carbonyl (C=O) groups is 1. The van der Waals surface area contributed by atoms with Gasteiger partial charge in [0, 0.05) is 12.6 Å². The first kappa shape index (κ1) is 18.0. The van der Waals surface area contributed by atoms with E-state index in [0.29, 0.717) is 13.0 Å². The van der Waals surface area contributed by atoms with Crippen molar-refractivity contribution in [2.45, 2.75) is 45.3 Å². The van der Waals surface area contributed by atoms with Gasteiger partial charge in [-0.05, 0) is 43.0 Å². The van der Waals surface area contributed by atoms with E-state index >= 15 is 0 Å². The minimum atomic E-state index is -0.591. The molecule has 1 unspecified atom stereocenters. The molecule has 2 rings (SSSR count). The molecule has 1 amide bonds. The minimum absolute atomic E-state index is 0.0405. The Hall–Kier alpha value is -2.33. The second-order valence-corrected chi connectivity index (χ2v) is 6.19. The molecule has 0 aliphatic heterocycles. The molecule has 0 radical (unpaired) electrons. The zero-order chi connectivity index (χ0) is 17.5. The van der Waals surface area contributed by atoms with Gasteiger partial charge in [0.05, 0.1) is 6.04 Å². The molecule has 2 atom stereocenters. The lowest BCUT2D eigenvalue weighted by Crippen LogP contribution is -2.48. The largest absolute Gasteiger partial charge is 0.508 e. The van der Waals surface area contributed by atoms with Crippen LogP contribution >= 0.6 is 0 Å². The van der Waals surface area contributed by atoms with Gasteiger partial charge in [0.1, 0.15) is 5.75 Å². The molecular weight excluding hydrogens is 300 g/mol. The summed E-state index contributed by atoms with van der Waals surface area (Å²) in [5.74, 6) is 0.172.